The van der Waals surface area contributed by atoms with Crippen molar-refractivity contribution in [3.8, 4) is 0 Å². The van der Waals surface area contributed by atoms with E-state index in [-0.39, 0.29) is 11.6 Å². The predicted molar refractivity (Wildman–Crippen MR) is 99.5 cm³/mol. The number of hydrogen-bond donors (Lipinski definition) is 2. The van der Waals surface area contributed by atoms with E-state index < -0.39 is 12.1 Å². The fourth-order valence-electron chi connectivity index (χ4n) is 2.33. The van der Waals surface area contributed by atoms with Crippen LogP contribution in [-0.2, 0) is 9.59 Å². The molecule has 0 unspecified atom stereocenters. The van der Waals surface area contributed by atoms with Crippen molar-refractivity contribution in [1.82, 2.24) is 5.43 Å². The topological polar surface area (TPSA) is 70.6 Å². The Hall–Kier alpha value is -2.38. The van der Waals surface area contributed by atoms with Gasteiger partial charge in [-0.1, -0.05) is 51.2 Å². The maximum absolute atomic E-state index is 12.2. The minimum atomic E-state index is -4.93. The Morgan fingerprint density at radius 1 is 1.00 bits per heavy atom. The highest BCUT2D eigenvalue weighted by Crippen LogP contribution is 2.18. The van der Waals surface area contributed by atoms with Gasteiger partial charge in [0.15, 0.2) is 0 Å². The summed E-state index contributed by atoms with van der Waals surface area (Å²) in [7, 11) is 0. The summed E-state index contributed by atoms with van der Waals surface area (Å²) in [4.78, 5) is 22.6. The molecule has 27 heavy (non-hydrogen) atoms. The zero-order valence-corrected chi connectivity index (χ0v) is 15.7. The molecule has 0 aliphatic heterocycles. The van der Waals surface area contributed by atoms with Crippen molar-refractivity contribution in [2.24, 2.45) is 5.10 Å². The van der Waals surface area contributed by atoms with Crippen molar-refractivity contribution in [3.63, 3.8) is 0 Å². The van der Waals surface area contributed by atoms with Gasteiger partial charge >= 0.3 is 12.1 Å². The molecule has 0 bridgehead atoms. The van der Waals surface area contributed by atoms with Crippen molar-refractivity contribution in [1.29, 1.82) is 0 Å². The zero-order chi connectivity index (χ0) is 20.3. The lowest BCUT2D eigenvalue weighted by Gasteiger charge is -2.08. The number of hydrogen-bond acceptors (Lipinski definition) is 3. The van der Waals surface area contributed by atoms with Gasteiger partial charge in [0.25, 0.3) is 0 Å². The number of unbranched alkanes of at least 4 members (excludes halogenated alkanes) is 5. The minimum absolute atomic E-state index is 0.0287. The molecule has 5 nitrogen and oxygen atoms in total. The number of carbonyl (C=O) groups is 2. The third-order valence-corrected chi connectivity index (χ3v) is 3.92. The van der Waals surface area contributed by atoms with Crippen molar-refractivity contribution < 1.29 is 22.8 Å². The number of hydrazone groups is 1. The Bertz CT molecular complexity index is 641. The van der Waals surface area contributed by atoms with Crippen molar-refractivity contribution in [2.45, 2.75) is 65.0 Å². The van der Waals surface area contributed by atoms with Crippen LogP contribution < -0.4 is 10.7 Å². The number of alkyl halides is 3. The SMILES string of the molecule is CCCCCCCCC(=O)NN=C(C)c1ccc(NC(=O)C(F)(F)F)cc1. The Morgan fingerprint density at radius 3 is 2.19 bits per heavy atom. The second-order valence-corrected chi connectivity index (χ2v) is 6.28. The van der Waals surface area contributed by atoms with Crippen LogP contribution in [0.3, 0.4) is 0 Å². The first-order valence-corrected chi connectivity index (χ1v) is 9.05. The average molecular weight is 385 g/mol. The van der Waals surface area contributed by atoms with E-state index in [0.29, 0.717) is 17.7 Å². The maximum Gasteiger partial charge on any atom is 0.471 e. The van der Waals surface area contributed by atoms with E-state index in [1.807, 2.05) is 0 Å². The van der Waals surface area contributed by atoms with Gasteiger partial charge in [0.2, 0.25) is 5.91 Å². The van der Waals surface area contributed by atoms with E-state index in [1.165, 1.54) is 43.5 Å². The van der Waals surface area contributed by atoms with E-state index in [1.54, 1.807) is 12.2 Å². The molecule has 0 radical (unpaired) electrons. The van der Waals surface area contributed by atoms with Crippen LogP contribution >= 0.6 is 0 Å². The van der Waals surface area contributed by atoms with Crippen LogP contribution in [0.1, 0.15) is 64.4 Å². The number of amides is 2. The Balaban J connectivity index is 2.43. The predicted octanol–water partition coefficient (Wildman–Crippen LogP) is 4.78. The van der Waals surface area contributed by atoms with Crippen LogP contribution in [0.25, 0.3) is 0 Å². The van der Waals surface area contributed by atoms with Crippen LogP contribution in [0.2, 0.25) is 0 Å². The van der Waals surface area contributed by atoms with Gasteiger partial charge in [-0.2, -0.15) is 18.3 Å². The van der Waals surface area contributed by atoms with Crippen LogP contribution in [-0.4, -0.2) is 23.7 Å². The van der Waals surface area contributed by atoms with Crippen LogP contribution in [0.15, 0.2) is 29.4 Å². The van der Waals surface area contributed by atoms with Gasteiger partial charge in [-0.3, -0.25) is 9.59 Å². The number of nitrogens with one attached hydrogen (secondary N) is 2. The largest absolute Gasteiger partial charge is 0.471 e. The Labute approximate surface area is 157 Å². The summed E-state index contributed by atoms with van der Waals surface area (Å²) in [6.45, 7) is 3.83. The van der Waals surface area contributed by atoms with Gasteiger partial charge in [0, 0.05) is 12.1 Å². The second-order valence-electron chi connectivity index (χ2n) is 6.28. The Kier molecular flexibility index (Phi) is 9.53. The quantitative estimate of drug-likeness (QED) is 0.346. The van der Waals surface area contributed by atoms with E-state index in [0.717, 1.165) is 19.3 Å². The lowest BCUT2D eigenvalue weighted by atomic mass is 10.1. The number of rotatable bonds is 10. The van der Waals surface area contributed by atoms with E-state index in [2.05, 4.69) is 17.5 Å². The molecule has 1 aromatic rings. The first-order chi connectivity index (χ1) is 12.7. The minimum Gasteiger partial charge on any atom is -0.318 e. The normalized spacial score (nSPS) is 12.0. The van der Waals surface area contributed by atoms with Gasteiger partial charge < -0.3 is 5.32 Å². The molecule has 0 spiro atoms. The third kappa shape index (κ3) is 9.21. The van der Waals surface area contributed by atoms with Gasteiger partial charge in [-0.25, -0.2) is 5.43 Å². The highest BCUT2D eigenvalue weighted by molar-refractivity contribution is 6.00. The van der Waals surface area contributed by atoms with Gasteiger partial charge in [0.05, 0.1) is 5.71 Å². The number of benzene rings is 1. The molecule has 0 heterocycles. The Morgan fingerprint density at radius 2 is 1.59 bits per heavy atom. The molecule has 0 saturated carbocycles. The fourth-order valence-corrected chi connectivity index (χ4v) is 2.33. The summed E-state index contributed by atoms with van der Waals surface area (Å²) >= 11 is 0. The average Bonchev–Trinajstić information content (AvgIpc) is 2.62. The maximum atomic E-state index is 12.2. The van der Waals surface area contributed by atoms with Crippen LogP contribution in [0, 0.1) is 0 Å². The van der Waals surface area contributed by atoms with Crippen LogP contribution in [0.4, 0.5) is 18.9 Å². The van der Waals surface area contributed by atoms with Crippen molar-refractivity contribution >= 4 is 23.2 Å². The molecule has 150 valence electrons. The smallest absolute Gasteiger partial charge is 0.318 e. The summed E-state index contributed by atoms with van der Waals surface area (Å²) in [5, 5.41) is 5.77. The number of nitrogens with zero attached hydrogens (tertiary/aromatic N) is 1. The van der Waals surface area contributed by atoms with Crippen LogP contribution in [0.5, 0.6) is 0 Å². The standard InChI is InChI=1S/C19H26F3N3O2/c1-3-4-5-6-7-8-9-17(26)25-24-14(2)15-10-12-16(13-11-15)23-18(27)19(20,21)22/h10-13H,3-9H2,1-2H3,(H,23,27)(H,25,26). The summed E-state index contributed by atoms with van der Waals surface area (Å²) in [6, 6.07) is 5.72. The molecule has 2 amide bonds. The van der Waals surface area contributed by atoms with Gasteiger partial charge in [-0.15, -0.1) is 0 Å². The molecular weight excluding hydrogens is 359 g/mol. The first-order valence-electron chi connectivity index (χ1n) is 9.05. The molecule has 0 fully saturated rings. The van der Waals surface area contributed by atoms with E-state index in [4.69, 9.17) is 0 Å². The number of halogens is 3. The molecular formula is C19H26F3N3O2. The van der Waals surface area contributed by atoms with E-state index in [9.17, 15) is 22.8 Å². The summed E-state index contributed by atoms with van der Waals surface area (Å²) < 4.78 is 36.6. The zero-order valence-electron chi connectivity index (χ0n) is 15.7. The summed E-state index contributed by atoms with van der Waals surface area (Å²) in [5.74, 6) is -2.19. The lowest BCUT2D eigenvalue weighted by molar-refractivity contribution is -0.167. The molecule has 2 N–H and O–H groups in total. The lowest BCUT2D eigenvalue weighted by Crippen LogP contribution is -2.29. The number of anilines is 1. The molecule has 1 rings (SSSR count). The fraction of sp³-hybridized carbons (Fsp3) is 0.526. The molecule has 0 aliphatic rings. The first kappa shape index (κ1) is 22.7. The second kappa shape index (κ2) is 11.4. The molecule has 0 atom stereocenters. The van der Waals surface area contributed by atoms with Crippen molar-refractivity contribution in [3.05, 3.63) is 29.8 Å². The summed E-state index contributed by atoms with van der Waals surface area (Å²) in [6.07, 6.45) is 2.02. The highest BCUT2D eigenvalue weighted by atomic mass is 19.4. The number of carbonyl (C=O) groups excluding carboxylic acids is 2. The third-order valence-electron chi connectivity index (χ3n) is 3.92. The summed E-state index contributed by atoms with van der Waals surface area (Å²) in [5.41, 5.74) is 3.65. The molecule has 8 heteroatoms. The van der Waals surface area contributed by atoms with Crippen molar-refractivity contribution in [2.75, 3.05) is 5.32 Å². The van der Waals surface area contributed by atoms with E-state index >= 15 is 0 Å². The monoisotopic (exact) mass is 385 g/mol. The highest BCUT2D eigenvalue weighted by Gasteiger charge is 2.38. The van der Waals surface area contributed by atoms with Gasteiger partial charge in [0.1, 0.15) is 0 Å². The molecule has 1 aromatic carbocycles. The molecule has 0 saturated heterocycles. The molecule has 0 aliphatic carbocycles. The molecule has 0 aromatic heterocycles. The van der Waals surface area contributed by atoms with Gasteiger partial charge in [-0.05, 0) is 31.0 Å².